The van der Waals surface area contributed by atoms with Crippen LogP contribution in [-0.2, 0) is 9.53 Å². The van der Waals surface area contributed by atoms with E-state index in [1.807, 2.05) is 0 Å². The summed E-state index contributed by atoms with van der Waals surface area (Å²) in [5.41, 5.74) is 1.59. The second kappa shape index (κ2) is 9.76. The van der Waals surface area contributed by atoms with Crippen molar-refractivity contribution in [3.05, 3.63) is 64.7 Å². The predicted octanol–water partition coefficient (Wildman–Crippen LogP) is 4.40. The fourth-order valence-corrected chi connectivity index (χ4v) is 3.49. The first-order chi connectivity index (χ1) is 14.3. The van der Waals surface area contributed by atoms with Gasteiger partial charge in [-0.1, -0.05) is 11.6 Å². The van der Waals surface area contributed by atoms with E-state index in [0.29, 0.717) is 34.9 Å². The Kier molecular flexibility index (Phi) is 7.11. The van der Waals surface area contributed by atoms with Crippen LogP contribution in [-0.4, -0.2) is 41.9 Å². The lowest BCUT2D eigenvalue weighted by Gasteiger charge is -2.32. The van der Waals surface area contributed by atoms with E-state index in [9.17, 15) is 14.4 Å². The second-order valence-electron chi connectivity index (χ2n) is 7.62. The lowest BCUT2D eigenvalue weighted by atomic mass is 9.96. The molecule has 1 unspecified atom stereocenters. The van der Waals surface area contributed by atoms with Crippen LogP contribution < -0.4 is 5.32 Å². The van der Waals surface area contributed by atoms with E-state index in [1.165, 1.54) is 0 Å². The van der Waals surface area contributed by atoms with Crippen LogP contribution in [0, 0.1) is 5.92 Å². The molecule has 2 aromatic carbocycles. The van der Waals surface area contributed by atoms with Crippen molar-refractivity contribution in [2.24, 2.45) is 5.92 Å². The van der Waals surface area contributed by atoms with Crippen LogP contribution in [0.3, 0.4) is 0 Å². The van der Waals surface area contributed by atoms with Crippen LogP contribution in [0.2, 0.25) is 5.02 Å². The molecule has 6 nitrogen and oxygen atoms in total. The third-order valence-corrected chi connectivity index (χ3v) is 5.15. The van der Waals surface area contributed by atoms with Crippen LogP contribution in [0.4, 0.5) is 5.69 Å². The number of halogens is 1. The number of carbonyl (C=O) groups excluding carboxylic acids is 3. The van der Waals surface area contributed by atoms with E-state index < -0.39 is 5.97 Å². The minimum Gasteiger partial charge on any atom is -0.459 e. The van der Waals surface area contributed by atoms with Crippen molar-refractivity contribution in [2.45, 2.75) is 32.8 Å². The molecule has 0 radical (unpaired) electrons. The van der Waals surface area contributed by atoms with Gasteiger partial charge in [0.1, 0.15) is 0 Å². The maximum atomic E-state index is 12.7. The number of amides is 2. The molecule has 2 amide bonds. The van der Waals surface area contributed by atoms with E-state index in [4.69, 9.17) is 16.3 Å². The van der Waals surface area contributed by atoms with Gasteiger partial charge in [-0.15, -0.1) is 0 Å². The van der Waals surface area contributed by atoms with Crippen molar-refractivity contribution in [3.8, 4) is 0 Å². The van der Waals surface area contributed by atoms with Crippen LogP contribution in [0.15, 0.2) is 48.5 Å². The highest BCUT2D eigenvalue weighted by molar-refractivity contribution is 6.30. The first kappa shape index (κ1) is 21.8. The van der Waals surface area contributed by atoms with Gasteiger partial charge in [-0.3, -0.25) is 9.59 Å². The summed E-state index contributed by atoms with van der Waals surface area (Å²) in [7, 11) is 0. The van der Waals surface area contributed by atoms with Gasteiger partial charge in [0, 0.05) is 29.4 Å². The van der Waals surface area contributed by atoms with Crippen molar-refractivity contribution in [1.82, 2.24) is 4.90 Å². The Morgan fingerprint density at radius 3 is 2.30 bits per heavy atom. The number of rotatable bonds is 5. The van der Waals surface area contributed by atoms with E-state index in [1.54, 1.807) is 67.3 Å². The fraction of sp³-hybridized carbons (Fsp3) is 0.348. The maximum absolute atomic E-state index is 12.7. The number of benzene rings is 2. The van der Waals surface area contributed by atoms with Gasteiger partial charge in [-0.25, -0.2) is 4.79 Å². The normalized spacial score (nSPS) is 16.3. The number of anilines is 1. The van der Waals surface area contributed by atoms with Crippen LogP contribution >= 0.6 is 11.6 Å². The zero-order valence-electron chi connectivity index (χ0n) is 17.1. The van der Waals surface area contributed by atoms with Crippen molar-refractivity contribution in [3.63, 3.8) is 0 Å². The Hall–Kier alpha value is -2.86. The molecule has 2 aromatic rings. The smallest absolute Gasteiger partial charge is 0.338 e. The van der Waals surface area contributed by atoms with Crippen LogP contribution in [0.5, 0.6) is 0 Å². The highest BCUT2D eigenvalue weighted by Gasteiger charge is 2.29. The predicted molar refractivity (Wildman–Crippen MR) is 116 cm³/mol. The Bertz CT molecular complexity index is 910. The lowest BCUT2D eigenvalue weighted by Crippen LogP contribution is -2.43. The summed E-state index contributed by atoms with van der Waals surface area (Å²) < 4.78 is 5.16. The molecule has 1 saturated heterocycles. The first-order valence-electron chi connectivity index (χ1n) is 10.00. The molecular weight excluding hydrogens is 404 g/mol. The fourth-order valence-electron chi connectivity index (χ4n) is 3.37. The summed E-state index contributed by atoms with van der Waals surface area (Å²) in [6, 6.07) is 13.4. The molecule has 1 aliphatic rings. The standard InChI is InChI=1S/C23H25ClN2O4/c1-15(2)30-23(29)17-7-11-20(12-8-17)25-21(27)18-4-3-13-26(14-18)22(28)16-5-9-19(24)10-6-16/h5-12,15,18H,3-4,13-14H2,1-2H3,(H,25,27). The molecule has 158 valence electrons. The quantitative estimate of drug-likeness (QED) is 0.716. The summed E-state index contributed by atoms with van der Waals surface area (Å²) in [5.74, 6) is -0.926. The summed E-state index contributed by atoms with van der Waals surface area (Å²) >= 11 is 5.89. The Morgan fingerprint density at radius 1 is 1.03 bits per heavy atom. The first-order valence-corrected chi connectivity index (χ1v) is 10.4. The summed E-state index contributed by atoms with van der Waals surface area (Å²) in [6.45, 7) is 4.57. The molecule has 0 bridgehead atoms. The van der Waals surface area contributed by atoms with Crippen LogP contribution in [0.25, 0.3) is 0 Å². The maximum Gasteiger partial charge on any atom is 0.338 e. The number of ether oxygens (including phenoxy) is 1. The molecule has 1 atom stereocenters. The number of hydrogen-bond donors (Lipinski definition) is 1. The molecule has 0 spiro atoms. The summed E-state index contributed by atoms with van der Waals surface area (Å²) in [4.78, 5) is 39.1. The van der Waals surface area contributed by atoms with Gasteiger partial charge in [0.05, 0.1) is 17.6 Å². The number of nitrogens with zero attached hydrogens (tertiary/aromatic N) is 1. The summed E-state index contributed by atoms with van der Waals surface area (Å²) in [6.07, 6.45) is 1.29. The molecule has 0 aromatic heterocycles. The number of esters is 1. The van der Waals surface area contributed by atoms with E-state index in [-0.39, 0.29) is 23.8 Å². The largest absolute Gasteiger partial charge is 0.459 e. The summed E-state index contributed by atoms with van der Waals surface area (Å²) in [5, 5.41) is 3.45. The highest BCUT2D eigenvalue weighted by atomic mass is 35.5. The Labute approximate surface area is 181 Å². The molecular formula is C23H25ClN2O4. The molecule has 1 N–H and O–H groups in total. The van der Waals surface area contributed by atoms with Gasteiger partial charge in [-0.2, -0.15) is 0 Å². The average Bonchev–Trinajstić information content (AvgIpc) is 2.74. The molecule has 1 heterocycles. The number of carbonyl (C=O) groups is 3. The van der Waals surface area contributed by atoms with E-state index >= 15 is 0 Å². The van der Waals surface area contributed by atoms with Crippen LogP contribution in [0.1, 0.15) is 47.4 Å². The zero-order valence-corrected chi connectivity index (χ0v) is 17.8. The van der Waals surface area contributed by atoms with Crippen molar-refractivity contribution in [2.75, 3.05) is 18.4 Å². The molecule has 30 heavy (non-hydrogen) atoms. The number of hydrogen-bond acceptors (Lipinski definition) is 4. The number of piperidine rings is 1. The molecule has 1 fully saturated rings. The van der Waals surface area contributed by atoms with Gasteiger partial charge in [0.25, 0.3) is 5.91 Å². The molecule has 7 heteroatoms. The average molecular weight is 429 g/mol. The number of nitrogens with one attached hydrogen (secondary N) is 1. The second-order valence-corrected chi connectivity index (χ2v) is 8.05. The molecule has 0 aliphatic carbocycles. The lowest BCUT2D eigenvalue weighted by molar-refractivity contribution is -0.121. The van der Waals surface area contributed by atoms with Gasteiger partial charge in [0.2, 0.25) is 5.91 Å². The third kappa shape index (κ3) is 5.60. The zero-order chi connectivity index (χ0) is 21.7. The molecule has 1 aliphatic heterocycles. The van der Waals surface area contributed by atoms with Crippen molar-refractivity contribution >= 4 is 35.1 Å². The monoisotopic (exact) mass is 428 g/mol. The van der Waals surface area contributed by atoms with Gasteiger partial charge >= 0.3 is 5.97 Å². The third-order valence-electron chi connectivity index (χ3n) is 4.90. The number of likely N-dealkylation sites (tertiary alicyclic amines) is 1. The van der Waals surface area contributed by atoms with E-state index in [2.05, 4.69) is 5.32 Å². The van der Waals surface area contributed by atoms with E-state index in [0.717, 1.165) is 12.8 Å². The van der Waals surface area contributed by atoms with Gasteiger partial charge in [-0.05, 0) is 75.2 Å². The Balaban J connectivity index is 1.59. The molecule has 3 rings (SSSR count). The SMILES string of the molecule is CC(C)OC(=O)c1ccc(NC(=O)C2CCCN(C(=O)c3ccc(Cl)cc3)C2)cc1. The van der Waals surface area contributed by atoms with Crippen molar-refractivity contribution in [1.29, 1.82) is 0 Å². The highest BCUT2D eigenvalue weighted by Crippen LogP contribution is 2.21. The molecule has 0 saturated carbocycles. The van der Waals surface area contributed by atoms with Gasteiger partial charge < -0.3 is 15.0 Å². The van der Waals surface area contributed by atoms with Crippen molar-refractivity contribution < 1.29 is 19.1 Å². The topological polar surface area (TPSA) is 75.7 Å². The minimum absolute atomic E-state index is 0.0998. The minimum atomic E-state index is -0.397. The Morgan fingerprint density at radius 2 is 1.67 bits per heavy atom. The van der Waals surface area contributed by atoms with Gasteiger partial charge in [0.15, 0.2) is 0 Å².